The van der Waals surface area contributed by atoms with E-state index >= 15 is 0 Å². The first-order valence-corrected chi connectivity index (χ1v) is 8.06. The first-order chi connectivity index (χ1) is 10.6. The lowest BCUT2D eigenvalue weighted by Gasteiger charge is -2.02. The molecule has 0 bridgehead atoms. The minimum Gasteiger partial charge on any atom is -0.298 e. The molecule has 3 rings (SSSR count). The van der Waals surface area contributed by atoms with E-state index < -0.39 is 0 Å². The van der Waals surface area contributed by atoms with E-state index in [1.165, 1.54) is 11.3 Å². The van der Waals surface area contributed by atoms with E-state index in [0.29, 0.717) is 16.6 Å². The van der Waals surface area contributed by atoms with Crippen LogP contribution >= 0.6 is 11.3 Å². The number of nitrogens with one attached hydrogen (secondary N) is 1. The van der Waals surface area contributed by atoms with E-state index in [1.807, 2.05) is 18.4 Å². The van der Waals surface area contributed by atoms with Crippen LogP contribution in [0, 0.1) is 0 Å². The third-order valence-corrected chi connectivity index (χ3v) is 4.19. The maximum absolute atomic E-state index is 12.3. The lowest BCUT2D eigenvalue weighted by Crippen LogP contribution is -2.11. The van der Waals surface area contributed by atoms with Gasteiger partial charge in [-0.05, 0) is 31.0 Å². The third-order valence-electron chi connectivity index (χ3n) is 3.41. The van der Waals surface area contributed by atoms with Crippen LogP contribution in [0.5, 0.6) is 0 Å². The van der Waals surface area contributed by atoms with Crippen molar-refractivity contribution in [3.05, 3.63) is 34.8 Å². The van der Waals surface area contributed by atoms with E-state index in [9.17, 15) is 4.79 Å². The SMILES string of the molecule is CCn1nnc2cc(C(=O)Nc3nc(C(C)C)cs3)ccc21. The minimum absolute atomic E-state index is 0.183. The summed E-state index contributed by atoms with van der Waals surface area (Å²) < 4.78 is 1.80. The number of aromatic nitrogens is 4. The first kappa shape index (κ1) is 14.6. The molecule has 2 aromatic heterocycles. The second-order valence-corrected chi connectivity index (χ2v) is 6.15. The molecule has 1 aromatic carbocycles. The molecule has 0 atom stereocenters. The summed E-state index contributed by atoms with van der Waals surface area (Å²) in [7, 11) is 0. The number of aryl methyl sites for hydroxylation is 1. The predicted octanol–water partition coefficient (Wildman–Crippen LogP) is 3.28. The van der Waals surface area contributed by atoms with Crippen molar-refractivity contribution in [1.82, 2.24) is 20.0 Å². The van der Waals surface area contributed by atoms with Crippen molar-refractivity contribution in [3.63, 3.8) is 0 Å². The van der Waals surface area contributed by atoms with Gasteiger partial charge in [-0.25, -0.2) is 9.67 Å². The average molecular weight is 315 g/mol. The summed E-state index contributed by atoms with van der Waals surface area (Å²) in [5.41, 5.74) is 3.19. The summed E-state index contributed by atoms with van der Waals surface area (Å²) in [6, 6.07) is 5.40. The number of thiazole rings is 1. The molecule has 0 unspecified atom stereocenters. The number of hydrogen-bond donors (Lipinski definition) is 1. The molecule has 22 heavy (non-hydrogen) atoms. The van der Waals surface area contributed by atoms with Crippen LogP contribution in [-0.2, 0) is 6.54 Å². The number of nitrogens with zero attached hydrogens (tertiary/aromatic N) is 4. The Balaban J connectivity index is 1.82. The topological polar surface area (TPSA) is 72.7 Å². The van der Waals surface area contributed by atoms with Crippen molar-refractivity contribution < 1.29 is 4.79 Å². The quantitative estimate of drug-likeness (QED) is 0.802. The largest absolute Gasteiger partial charge is 0.298 e. The molecule has 114 valence electrons. The fourth-order valence-corrected chi connectivity index (χ4v) is 2.99. The molecule has 0 saturated carbocycles. The fourth-order valence-electron chi connectivity index (χ4n) is 2.13. The predicted molar refractivity (Wildman–Crippen MR) is 87.4 cm³/mol. The molecule has 0 spiro atoms. The molecule has 0 aliphatic heterocycles. The van der Waals surface area contributed by atoms with E-state index in [2.05, 4.69) is 34.5 Å². The van der Waals surface area contributed by atoms with Crippen molar-refractivity contribution in [2.75, 3.05) is 5.32 Å². The molecule has 1 N–H and O–H groups in total. The molecule has 0 saturated heterocycles. The molecule has 2 heterocycles. The Kier molecular flexibility index (Phi) is 3.89. The van der Waals surface area contributed by atoms with E-state index in [-0.39, 0.29) is 5.91 Å². The summed E-state index contributed by atoms with van der Waals surface area (Å²) in [6.07, 6.45) is 0. The van der Waals surface area contributed by atoms with Gasteiger partial charge in [0.05, 0.1) is 11.2 Å². The van der Waals surface area contributed by atoms with Crippen LogP contribution in [0.2, 0.25) is 0 Å². The van der Waals surface area contributed by atoms with Gasteiger partial charge in [0.25, 0.3) is 5.91 Å². The van der Waals surface area contributed by atoms with Gasteiger partial charge in [0.1, 0.15) is 5.52 Å². The number of carbonyl (C=O) groups is 1. The summed E-state index contributed by atoms with van der Waals surface area (Å²) in [6.45, 7) is 6.90. The standard InChI is InChI=1S/C15H17N5OS/c1-4-20-13-6-5-10(7-11(13)18-19-20)14(21)17-15-16-12(8-22-15)9(2)3/h5-9H,4H2,1-3H3,(H,16,17,21). The van der Waals surface area contributed by atoms with Crippen molar-refractivity contribution in [3.8, 4) is 0 Å². The van der Waals surface area contributed by atoms with Gasteiger partial charge in [-0.3, -0.25) is 10.1 Å². The molecule has 1 amide bonds. The number of benzene rings is 1. The molecule has 0 fully saturated rings. The van der Waals surface area contributed by atoms with Gasteiger partial charge in [-0.1, -0.05) is 19.1 Å². The number of amides is 1. The summed E-state index contributed by atoms with van der Waals surface area (Å²) in [5, 5.41) is 13.6. The number of anilines is 1. The van der Waals surface area contributed by atoms with Gasteiger partial charge in [-0.15, -0.1) is 16.4 Å². The molecule has 3 aromatic rings. The number of fused-ring (bicyclic) bond motifs is 1. The van der Waals surface area contributed by atoms with Gasteiger partial charge in [-0.2, -0.15) is 0 Å². The Morgan fingerprint density at radius 2 is 2.23 bits per heavy atom. The van der Waals surface area contributed by atoms with Gasteiger partial charge < -0.3 is 0 Å². The van der Waals surface area contributed by atoms with Crippen molar-refractivity contribution in [1.29, 1.82) is 0 Å². The molecule has 0 radical (unpaired) electrons. The Morgan fingerprint density at radius 1 is 1.41 bits per heavy atom. The highest BCUT2D eigenvalue weighted by Crippen LogP contribution is 2.22. The number of rotatable bonds is 4. The Hall–Kier alpha value is -2.28. The van der Waals surface area contributed by atoms with Gasteiger partial charge in [0, 0.05) is 17.5 Å². The van der Waals surface area contributed by atoms with Crippen LogP contribution < -0.4 is 5.32 Å². The highest BCUT2D eigenvalue weighted by molar-refractivity contribution is 7.14. The zero-order valence-electron chi connectivity index (χ0n) is 12.7. The third kappa shape index (κ3) is 2.71. The monoisotopic (exact) mass is 315 g/mol. The molecular weight excluding hydrogens is 298 g/mol. The van der Waals surface area contributed by atoms with Crippen LogP contribution in [0.25, 0.3) is 11.0 Å². The maximum Gasteiger partial charge on any atom is 0.257 e. The maximum atomic E-state index is 12.3. The van der Waals surface area contributed by atoms with Crippen LogP contribution in [-0.4, -0.2) is 25.9 Å². The molecule has 6 nitrogen and oxygen atoms in total. The lowest BCUT2D eigenvalue weighted by molar-refractivity contribution is 0.102. The van der Waals surface area contributed by atoms with Crippen LogP contribution in [0.4, 0.5) is 5.13 Å². The van der Waals surface area contributed by atoms with E-state index in [1.54, 1.807) is 16.8 Å². The van der Waals surface area contributed by atoms with Crippen molar-refractivity contribution >= 4 is 33.4 Å². The second-order valence-electron chi connectivity index (χ2n) is 5.30. The fraction of sp³-hybridized carbons (Fsp3) is 0.333. The normalized spacial score (nSPS) is 11.3. The molecule has 0 aliphatic carbocycles. The zero-order chi connectivity index (χ0) is 15.7. The summed E-state index contributed by atoms with van der Waals surface area (Å²) in [5.74, 6) is 0.167. The minimum atomic E-state index is -0.183. The van der Waals surface area contributed by atoms with Gasteiger partial charge in [0.15, 0.2) is 5.13 Å². The first-order valence-electron chi connectivity index (χ1n) is 7.18. The van der Waals surface area contributed by atoms with Crippen LogP contribution in [0.1, 0.15) is 42.7 Å². The average Bonchev–Trinajstić information content (AvgIpc) is 3.12. The Labute approximate surface area is 132 Å². The zero-order valence-corrected chi connectivity index (χ0v) is 13.5. The van der Waals surface area contributed by atoms with E-state index in [0.717, 1.165) is 23.3 Å². The lowest BCUT2D eigenvalue weighted by atomic mass is 10.2. The van der Waals surface area contributed by atoms with Crippen molar-refractivity contribution in [2.45, 2.75) is 33.2 Å². The molecular formula is C15H17N5OS. The second kappa shape index (κ2) is 5.84. The smallest absolute Gasteiger partial charge is 0.257 e. The van der Waals surface area contributed by atoms with Crippen LogP contribution in [0.3, 0.4) is 0 Å². The van der Waals surface area contributed by atoms with Gasteiger partial charge in [0.2, 0.25) is 0 Å². The Bertz CT molecular complexity index is 820. The van der Waals surface area contributed by atoms with Gasteiger partial charge >= 0.3 is 0 Å². The number of carbonyl (C=O) groups excluding carboxylic acids is 1. The molecule has 0 aliphatic rings. The highest BCUT2D eigenvalue weighted by atomic mass is 32.1. The Morgan fingerprint density at radius 3 is 2.91 bits per heavy atom. The molecule has 7 heteroatoms. The number of hydrogen-bond acceptors (Lipinski definition) is 5. The van der Waals surface area contributed by atoms with E-state index in [4.69, 9.17) is 0 Å². The summed E-state index contributed by atoms with van der Waals surface area (Å²) >= 11 is 1.44. The van der Waals surface area contributed by atoms with Crippen LogP contribution in [0.15, 0.2) is 23.6 Å². The summed E-state index contributed by atoms with van der Waals surface area (Å²) in [4.78, 5) is 16.7. The van der Waals surface area contributed by atoms with Crippen molar-refractivity contribution in [2.24, 2.45) is 0 Å². The highest BCUT2D eigenvalue weighted by Gasteiger charge is 2.12.